The third-order valence-electron chi connectivity index (χ3n) is 4.70. The van der Waals surface area contributed by atoms with E-state index in [1.54, 1.807) is 12.1 Å². The molecule has 136 valence electrons. The van der Waals surface area contributed by atoms with Gasteiger partial charge < -0.3 is 14.4 Å². The molecule has 0 heterocycles. The number of amides is 1. The molecule has 5 heteroatoms. The molecule has 5 nitrogen and oxygen atoms in total. The van der Waals surface area contributed by atoms with Crippen LogP contribution in [0, 0.1) is 5.92 Å². The van der Waals surface area contributed by atoms with Crippen molar-refractivity contribution in [3.05, 3.63) is 35.4 Å². The van der Waals surface area contributed by atoms with Crippen LogP contribution < -0.4 is 0 Å². The van der Waals surface area contributed by atoms with Gasteiger partial charge in [0.15, 0.2) is 0 Å². The minimum atomic E-state index is -0.481. The maximum atomic E-state index is 12.6. The van der Waals surface area contributed by atoms with Crippen LogP contribution in [-0.2, 0) is 9.47 Å². The molecule has 2 saturated carbocycles. The van der Waals surface area contributed by atoms with Gasteiger partial charge in [-0.15, -0.1) is 0 Å². The molecule has 2 atom stereocenters. The van der Waals surface area contributed by atoms with Gasteiger partial charge in [0.25, 0.3) is 0 Å². The number of hydrogen-bond acceptors (Lipinski definition) is 4. The van der Waals surface area contributed by atoms with E-state index in [0.29, 0.717) is 17.4 Å². The van der Waals surface area contributed by atoms with Gasteiger partial charge in [0.05, 0.1) is 12.7 Å². The number of carbonyl (C=O) groups is 2. The van der Waals surface area contributed by atoms with E-state index >= 15 is 0 Å². The van der Waals surface area contributed by atoms with Gasteiger partial charge in [-0.25, -0.2) is 9.59 Å². The van der Waals surface area contributed by atoms with Crippen LogP contribution in [0.2, 0.25) is 0 Å². The van der Waals surface area contributed by atoms with Crippen molar-refractivity contribution in [2.75, 3.05) is 13.7 Å². The Morgan fingerprint density at radius 2 is 1.80 bits per heavy atom. The second-order valence-electron chi connectivity index (χ2n) is 8.10. The monoisotopic (exact) mass is 345 g/mol. The third-order valence-corrected chi connectivity index (χ3v) is 4.70. The molecule has 0 radical (unpaired) electrons. The zero-order valence-corrected chi connectivity index (χ0v) is 15.5. The molecule has 3 rings (SSSR count). The fourth-order valence-electron chi connectivity index (χ4n) is 3.11. The summed E-state index contributed by atoms with van der Waals surface area (Å²) in [5, 5.41) is 0. The van der Waals surface area contributed by atoms with E-state index in [-0.39, 0.29) is 18.1 Å². The predicted octanol–water partition coefficient (Wildman–Crippen LogP) is 3.98. The first-order valence-electron chi connectivity index (χ1n) is 8.96. The van der Waals surface area contributed by atoms with Gasteiger partial charge in [-0.2, -0.15) is 0 Å². The van der Waals surface area contributed by atoms with E-state index in [1.165, 1.54) is 20.0 Å². The lowest BCUT2D eigenvalue weighted by molar-refractivity contribution is 0.0220. The molecule has 0 unspecified atom stereocenters. The molecule has 1 amide bonds. The normalized spacial score (nSPS) is 22.2. The Morgan fingerprint density at radius 1 is 1.16 bits per heavy atom. The van der Waals surface area contributed by atoms with E-state index in [9.17, 15) is 9.59 Å². The Hall–Kier alpha value is -2.04. The van der Waals surface area contributed by atoms with Crippen LogP contribution in [0.3, 0.4) is 0 Å². The van der Waals surface area contributed by atoms with Crippen LogP contribution in [0.5, 0.6) is 0 Å². The van der Waals surface area contributed by atoms with Gasteiger partial charge in [0, 0.05) is 18.5 Å². The Bertz CT molecular complexity index is 643. The highest BCUT2D eigenvalue weighted by molar-refractivity contribution is 5.89. The van der Waals surface area contributed by atoms with Gasteiger partial charge in [-0.1, -0.05) is 12.1 Å². The Labute approximate surface area is 149 Å². The number of carbonyl (C=O) groups excluding carboxylic acids is 2. The van der Waals surface area contributed by atoms with Crippen molar-refractivity contribution in [1.82, 2.24) is 4.90 Å². The number of ether oxygens (including phenoxy) is 2. The molecule has 1 aromatic rings. The molecule has 0 bridgehead atoms. The average molecular weight is 345 g/mol. The first-order valence-corrected chi connectivity index (χ1v) is 8.96. The zero-order chi connectivity index (χ0) is 18.2. The molecule has 2 fully saturated rings. The lowest BCUT2D eigenvalue weighted by atomic mass is 10.1. The van der Waals surface area contributed by atoms with Crippen LogP contribution in [0.1, 0.15) is 61.9 Å². The van der Waals surface area contributed by atoms with Crippen molar-refractivity contribution >= 4 is 12.1 Å². The fraction of sp³-hybridized carbons (Fsp3) is 0.600. The summed E-state index contributed by atoms with van der Waals surface area (Å²) in [6.45, 7) is 6.48. The summed E-state index contributed by atoms with van der Waals surface area (Å²) >= 11 is 0. The van der Waals surface area contributed by atoms with Crippen molar-refractivity contribution < 1.29 is 19.1 Å². The maximum absolute atomic E-state index is 12.6. The molecule has 25 heavy (non-hydrogen) atoms. The molecule has 0 aliphatic heterocycles. The lowest BCUT2D eigenvalue weighted by Crippen LogP contribution is -2.40. The Balaban J connectivity index is 1.67. The van der Waals surface area contributed by atoms with Gasteiger partial charge in [-0.3, -0.25) is 0 Å². The molecule has 2 aliphatic rings. The maximum Gasteiger partial charge on any atom is 0.410 e. The molecular weight excluding hydrogens is 318 g/mol. The van der Waals surface area contributed by atoms with E-state index in [0.717, 1.165) is 18.5 Å². The molecule has 0 N–H and O–H groups in total. The topological polar surface area (TPSA) is 55.8 Å². The van der Waals surface area contributed by atoms with Crippen molar-refractivity contribution in [2.24, 2.45) is 5.92 Å². The van der Waals surface area contributed by atoms with Crippen LogP contribution in [0.15, 0.2) is 24.3 Å². The van der Waals surface area contributed by atoms with Gasteiger partial charge >= 0.3 is 12.1 Å². The molecule has 0 aromatic heterocycles. The quantitative estimate of drug-likeness (QED) is 0.758. The Morgan fingerprint density at radius 3 is 2.32 bits per heavy atom. The molecule has 2 aliphatic carbocycles. The van der Waals surface area contributed by atoms with Crippen LogP contribution in [0.4, 0.5) is 4.79 Å². The summed E-state index contributed by atoms with van der Waals surface area (Å²) < 4.78 is 10.3. The number of nitrogens with zero attached hydrogens (tertiary/aromatic N) is 1. The van der Waals surface area contributed by atoms with E-state index < -0.39 is 5.60 Å². The molecular formula is C20H27NO4. The number of benzene rings is 1. The first kappa shape index (κ1) is 17.8. The Kier molecular flexibility index (Phi) is 4.76. The van der Waals surface area contributed by atoms with Gasteiger partial charge in [0.2, 0.25) is 0 Å². The van der Waals surface area contributed by atoms with Crippen molar-refractivity contribution in [2.45, 2.75) is 57.6 Å². The van der Waals surface area contributed by atoms with E-state index in [1.807, 2.05) is 37.8 Å². The summed E-state index contributed by atoms with van der Waals surface area (Å²) in [6, 6.07) is 7.69. The summed E-state index contributed by atoms with van der Waals surface area (Å²) in [5.74, 6) is 0.608. The zero-order valence-electron chi connectivity index (χ0n) is 15.5. The number of esters is 1. The SMILES string of the molecule is COC(=O)c1ccc([C@@H]2C[C@H]2N(CC2CC2)C(=O)OC(C)(C)C)cc1. The van der Waals surface area contributed by atoms with Crippen LogP contribution in [0.25, 0.3) is 0 Å². The second kappa shape index (κ2) is 6.70. The summed E-state index contributed by atoms with van der Waals surface area (Å²) in [4.78, 5) is 26.1. The van der Waals surface area contributed by atoms with Crippen molar-refractivity contribution in [3.63, 3.8) is 0 Å². The van der Waals surface area contributed by atoms with Gasteiger partial charge in [-0.05, 0) is 63.6 Å². The number of hydrogen-bond donors (Lipinski definition) is 0. The second-order valence-corrected chi connectivity index (χ2v) is 8.10. The summed E-state index contributed by atoms with van der Waals surface area (Å²) in [7, 11) is 1.38. The molecule has 0 spiro atoms. The average Bonchev–Trinajstić information content (AvgIpc) is 3.44. The minimum absolute atomic E-state index is 0.194. The highest BCUT2D eigenvalue weighted by Crippen LogP contribution is 2.46. The van der Waals surface area contributed by atoms with Crippen LogP contribution >= 0.6 is 0 Å². The summed E-state index contributed by atoms with van der Waals surface area (Å²) in [6.07, 6.45) is 3.14. The van der Waals surface area contributed by atoms with E-state index in [4.69, 9.17) is 9.47 Å². The minimum Gasteiger partial charge on any atom is -0.465 e. The van der Waals surface area contributed by atoms with Gasteiger partial charge in [0.1, 0.15) is 5.60 Å². The summed E-state index contributed by atoms with van der Waals surface area (Å²) in [5.41, 5.74) is 1.22. The van der Waals surface area contributed by atoms with E-state index in [2.05, 4.69) is 0 Å². The number of methoxy groups -OCH3 is 1. The highest BCUT2D eigenvalue weighted by atomic mass is 16.6. The third kappa shape index (κ3) is 4.53. The number of rotatable bonds is 5. The molecule has 1 aromatic carbocycles. The largest absolute Gasteiger partial charge is 0.465 e. The molecule has 0 saturated heterocycles. The van der Waals surface area contributed by atoms with Crippen molar-refractivity contribution in [1.29, 1.82) is 0 Å². The standard InChI is InChI=1S/C20H27NO4/c1-20(2,3)25-19(23)21(12-13-5-6-13)17-11-16(17)14-7-9-15(10-8-14)18(22)24-4/h7-10,13,16-17H,5-6,11-12H2,1-4H3/t16-,17+/m0/s1. The smallest absolute Gasteiger partial charge is 0.410 e. The lowest BCUT2D eigenvalue weighted by Gasteiger charge is -2.28. The predicted molar refractivity (Wildman–Crippen MR) is 94.6 cm³/mol. The van der Waals surface area contributed by atoms with Crippen LogP contribution in [-0.4, -0.2) is 42.3 Å². The fourth-order valence-corrected chi connectivity index (χ4v) is 3.11. The van der Waals surface area contributed by atoms with Crippen molar-refractivity contribution in [3.8, 4) is 0 Å². The highest BCUT2D eigenvalue weighted by Gasteiger charge is 2.47. The first-order chi connectivity index (χ1) is 11.8.